The summed E-state index contributed by atoms with van der Waals surface area (Å²) in [6, 6.07) is 11.5. The molecule has 0 aliphatic carbocycles. The second kappa shape index (κ2) is 8.66. The number of rotatable bonds is 7. The summed E-state index contributed by atoms with van der Waals surface area (Å²) >= 11 is 0. The summed E-state index contributed by atoms with van der Waals surface area (Å²) in [5.41, 5.74) is 0.441. The fourth-order valence-corrected chi connectivity index (χ4v) is 5.04. The number of methoxy groups -OCH3 is 1. The van der Waals surface area contributed by atoms with Gasteiger partial charge >= 0.3 is 0 Å². The molecule has 2 aromatic rings. The van der Waals surface area contributed by atoms with Crippen molar-refractivity contribution in [3.8, 4) is 11.5 Å². The first-order valence-electron chi connectivity index (χ1n) is 9.87. The molecule has 0 aromatic heterocycles. The highest BCUT2D eigenvalue weighted by Crippen LogP contribution is 2.27. The number of hydrogen-bond acceptors (Lipinski definition) is 7. The minimum Gasteiger partial charge on any atom is -0.497 e. The van der Waals surface area contributed by atoms with Gasteiger partial charge in [-0.2, -0.15) is 4.31 Å². The van der Waals surface area contributed by atoms with Crippen molar-refractivity contribution >= 4 is 27.4 Å². The van der Waals surface area contributed by atoms with Crippen molar-refractivity contribution in [2.24, 2.45) is 0 Å². The van der Waals surface area contributed by atoms with Crippen LogP contribution in [-0.2, 0) is 14.8 Å². The Kier molecular flexibility index (Phi) is 5.94. The highest BCUT2D eigenvalue weighted by atomic mass is 32.2. The van der Waals surface area contributed by atoms with Crippen molar-refractivity contribution in [1.82, 2.24) is 9.21 Å². The summed E-state index contributed by atoms with van der Waals surface area (Å²) < 4.78 is 38.2. The number of benzene rings is 2. The fourth-order valence-electron chi connectivity index (χ4n) is 3.59. The maximum atomic E-state index is 13.0. The van der Waals surface area contributed by atoms with Gasteiger partial charge in [-0.05, 0) is 42.5 Å². The average molecular weight is 445 g/mol. The Bertz CT molecular complexity index is 1090. The van der Waals surface area contributed by atoms with Crippen molar-refractivity contribution in [3.05, 3.63) is 48.0 Å². The highest BCUT2D eigenvalue weighted by Gasteiger charge is 2.33. The smallest absolute Gasteiger partial charge is 0.296 e. The average Bonchev–Trinajstić information content (AvgIpc) is 3.07. The Balaban J connectivity index is 1.31. The molecule has 10 heteroatoms. The Labute approximate surface area is 180 Å². The Morgan fingerprint density at radius 2 is 1.65 bits per heavy atom. The Morgan fingerprint density at radius 3 is 2.32 bits per heavy atom. The molecule has 1 N–H and O–H groups in total. The van der Waals surface area contributed by atoms with E-state index >= 15 is 0 Å². The number of carbonyl (C=O) groups is 2. The molecule has 1 amide bonds. The molecule has 2 aliphatic heterocycles. The molecule has 0 unspecified atom stereocenters. The third kappa shape index (κ3) is 4.41. The van der Waals surface area contributed by atoms with Gasteiger partial charge in [0.25, 0.3) is 11.7 Å². The molecule has 0 radical (unpaired) electrons. The molecule has 0 saturated carbocycles. The number of ether oxygens (including phenoxy) is 2. The number of carbonyl (C=O) groups excluding carboxylic acids is 2. The van der Waals surface area contributed by atoms with Crippen LogP contribution >= 0.6 is 0 Å². The molecule has 2 aromatic carbocycles. The first-order chi connectivity index (χ1) is 14.9. The number of ketones is 1. The van der Waals surface area contributed by atoms with Crippen molar-refractivity contribution in [3.63, 3.8) is 0 Å². The van der Waals surface area contributed by atoms with Gasteiger partial charge in [0.05, 0.1) is 23.3 Å². The topological polar surface area (TPSA) is 105 Å². The van der Waals surface area contributed by atoms with Crippen LogP contribution < -0.4 is 14.8 Å². The number of piperazine rings is 1. The maximum absolute atomic E-state index is 13.0. The quantitative estimate of drug-likeness (QED) is 0.639. The molecule has 2 aliphatic rings. The third-order valence-corrected chi connectivity index (χ3v) is 7.29. The van der Waals surface area contributed by atoms with Crippen LogP contribution in [0.25, 0.3) is 0 Å². The molecule has 0 spiro atoms. The predicted octanol–water partition coefficient (Wildman–Crippen LogP) is 1.22. The molecular weight excluding hydrogens is 422 g/mol. The van der Waals surface area contributed by atoms with Gasteiger partial charge in [-0.15, -0.1) is 0 Å². The minimum atomic E-state index is -3.75. The van der Waals surface area contributed by atoms with Gasteiger partial charge < -0.3 is 14.8 Å². The van der Waals surface area contributed by atoms with E-state index in [0.29, 0.717) is 45.0 Å². The molecule has 0 atom stereocenters. The standard InChI is InChI=1S/C21H23N3O6S/c1-29-15-2-4-16(5-3-15)30-13-12-23-8-10-24(11-9-23)31(27,28)17-6-7-19-18(14-17)20(25)21(26)22-19/h2-7,14H,8-13H2,1H3,(H,22,25,26). The van der Waals surface area contributed by atoms with E-state index in [1.165, 1.54) is 22.5 Å². The lowest BCUT2D eigenvalue weighted by atomic mass is 10.1. The molecule has 2 heterocycles. The predicted molar refractivity (Wildman–Crippen MR) is 113 cm³/mol. The van der Waals surface area contributed by atoms with E-state index in [-0.39, 0.29) is 10.5 Å². The van der Waals surface area contributed by atoms with Gasteiger partial charge in [0, 0.05) is 32.7 Å². The molecule has 0 bridgehead atoms. The van der Waals surface area contributed by atoms with Crippen LogP contribution in [0.3, 0.4) is 0 Å². The number of anilines is 1. The number of amides is 1. The van der Waals surface area contributed by atoms with E-state index in [9.17, 15) is 18.0 Å². The van der Waals surface area contributed by atoms with Crippen LogP contribution in [0.15, 0.2) is 47.4 Å². The van der Waals surface area contributed by atoms with Gasteiger partial charge in [-0.1, -0.05) is 0 Å². The minimum absolute atomic E-state index is 0.0207. The maximum Gasteiger partial charge on any atom is 0.296 e. The van der Waals surface area contributed by atoms with Crippen LogP contribution in [0.4, 0.5) is 5.69 Å². The molecule has 31 heavy (non-hydrogen) atoms. The van der Waals surface area contributed by atoms with Gasteiger partial charge in [0.2, 0.25) is 10.0 Å². The van der Waals surface area contributed by atoms with Crippen molar-refractivity contribution in [2.75, 3.05) is 51.8 Å². The highest BCUT2D eigenvalue weighted by molar-refractivity contribution is 7.89. The third-order valence-electron chi connectivity index (χ3n) is 5.39. The molecule has 1 saturated heterocycles. The van der Waals surface area contributed by atoms with E-state index in [4.69, 9.17) is 9.47 Å². The monoisotopic (exact) mass is 445 g/mol. The van der Waals surface area contributed by atoms with E-state index in [0.717, 1.165) is 11.5 Å². The van der Waals surface area contributed by atoms with Crippen LogP contribution in [0.5, 0.6) is 11.5 Å². The molecule has 4 rings (SSSR count). The van der Waals surface area contributed by atoms with Gasteiger partial charge in [0.15, 0.2) is 0 Å². The first-order valence-corrected chi connectivity index (χ1v) is 11.3. The SMILES string of the molecule is COc1ccc(OCCN2CCN(S(=O)(=O)c3ccc4c(c3)C(=O)C(=O)N4)CC2)cc1. The van der Waals surface area contributed by atoms with Crippen LogP contribution in [0, 0.1) is 0 Å². The molecule has 164 valence electrons. The van der Waals surface area contributed by atoms with E-state index in [2.05, 4.69) is 10.2 Å². The number of nitrogens with one attached hydrogen (secondary N) is 1. The van der Waals surface area contributed by atoms with E-state index < -0.39 is 21.7 Å². The summed E-state index contributed by atoms with van der Waals surface area (Å²) in [6.07, 6.45) is 0. The summed E-state index contributed by atoms with van der Waals surface area (Å²) in [6.45, 7) is 3.01. The van der Waals surface area contributed by atoms with E-state index in [1.807, 2.05) is 24.3 Å². The van der Waals surface area contributed by atoms with Gasteiger partial charge in [0.1, 0.15) is 18.1 Å². The molecule has 1 fully saturated rings. The zero-order chi connectivity index (χ0) is 22.0. The summed E-state index contributed by atoms with van der Waals surface area (Å²) in [5, 5.41) is 2.43. The van der Waals surface area contributed by atoms with Crippen molar-refractivity contribution < 1.29 is 27.5 Å². The van der Waals surface area contributed by atoms with Gasteiger partial charge in [-0.25, -0.2) is 8.42 Å². The lowest BCUT2D eigenvalue weighted by Crippen LogP contribution is -2.49. The van der Waals surface area contributed by atoms with Gasteiger partial charge in [-0.3, -0.25) is 14.5 Å². The summed E-state index contributed by atoms with van der Waals surface area (Å²) in [7, 11) is -2.14. The summed E-state index contributed by atoms with van der Waals surface area (Å²) in [4.78, 5) is 25.5. The number of sulfonamides is 1. The van der Waals surface area contributed by atoms with Crippen molar-refractivity contribution in [2.45, 2.75) is 4.90 Å². The Hall–Kier alpha value is -2.95. The summed E-state index contributed by atoms with van der Waals surface area (Å²) in [5.74, 6) is 0.0603. The second-order valence-corrected chi connectivity index (χ2v) is 9.20. The molecule has 9 nitrogen and oxygen atoms in total. The Morgan fingerprint density at radius 1 is 0.968 bits per heavy atom. The fraction of sp³-hybridized carbons (Fsp3) is 0.333. The zero-order valence-electron chi connectivity index (χ0n) is 17.0. The first kappa shape index (κ1) is 21.3. The lowest BCUT2D eigenvalue weighted by molar-refractivity contribution is -0.112. The van der Waals surface area contributed by atoms with Crippen molar-refractivity contribution in [1.29, 1.82) is 0 Å². The number of nitrogens with zero attached hydrogens (tertiary/aromatic N) is 2. The van der Waals surface area contributed by atoms with Crippen LogP contribution in [0.1, 0.15) is 10.4 Å². The largest absolute Gasteiger partial charge is 0.497 e. The number of hydrogen-bond donors (Lipinski definition) is 1. The number of Topliss-reactive ketones (excluding diaryl/α,β-unsaturated/α-hetero) is 1. The van der Waals surface area contributed by atoms with Crippen LogP contribution in [-0.4, -0.2) is 75.8 Å². The molecular formula is C21H23N3O6S. The van der Waals surface area contributed by atoms with E-state index in [1.54, 1.807) is 7.11 Å². The number of fused-ring (bicyclic) bond motifs is 1. The lowest BCUT2D eigenvalue weighted by Gasteiger charge is -2.33. The second-order valence-electron chi connectivity index (χ2n) is 7.26. The normalized spacial score (nSPS) is 17.3. The van der Waals surface area contributed by atoms with Crippen LogP contribution in [0.2, 0.25) is 0 Å². The zero-order valence-corrected chi connectivity index (χ0v) is 17.9.